The van der Waals surface area contributed by atoms with Crippen molar-refractivity contribution in [2.24, 2.45) is 5.41 Å². The summed E-state index contributed by atoms with van der Waals surface area (Å²) in [7, 11) is 0. The third-order valence-corrected chi connectivity index (χ3v) is 4.82. The van der Waals surface area contributed by atoms with Crippen molar-refractivity contribution in [3.8, 4) is 0 Å². The van der Waals surface area contributed by atoms with Crippen LogP contribution in [0.5, 0.6) is 0 Å². The van der Waals surface area contributed by atoms with Gasteiger partial charge in [-0.05, 0) is 39.7 Å². The van der Waals surface area contributed by atoms with Crippen molar-refractivity contribution in [1.82, 2.24) is 9.88 Å². The molecule has 2 heterocycles. The Bertz CT molecular complexity index is 518. The molecule has 112 valence electrons. The molecule has 0 amide bonds. The molecule has 4 heteroatoms. The third-order valence-electron chi connectivity index (χ3n) is 4.82. The van der Waals surface area contributed by atoms with Crippen molar-refractivity contribution >= 4 is 0 Å². The number of nitrogens with one attached hydrogen (secondary N) is 1. The highest BCUT2D eigenvalue weighted by atomic mass is 16.3. The predicted molar refractivity (Wildman–Crippen MR) is 80.9 cm³/mol. The lowest BCUT2D eigenvalue weighted by atomic mass is 9.78. The van der Waals surface area contributed by atoms with Crippen LogP contribution in [0.3, 0.4) is 0 Å². The standard InChI is InChI=1S/C16H26N2O2/c1-4-16(11-19)6-5-7-18(10-16)9-14-13(3)15(20)12(2)8-17-14/h8,19H,4-7,9-11H2,1-3H3,(H,17,20). The van der Waals surface area contributed by atoms with Crippen LogP contribution in [-0.2, 0) is 6.54 Å². The van der Waals surface area contributed by atoms with E-state index in [0.717, 1.165) is 55.7 Å². The second-order valence-electron chi connectivity index (χ2n) is 6.23. The van der Waals surface area contributed by atoms with E-state index in [4.69, 9.17) is 0 Å². The lowest BCUT2D eigenvalue weighted by molar-refractivity contribution is 0.0252. The number of likely N-dealkylation sites (tertiary alicyclic amines) is 1. The van der Waals surface area contributed by atoms with Crippen LogP contribution >= 0.6 is 0 Å². The first kappa shape index (κ1) is 15.3. The number of hydrogen-bond acceptors (Lipinski definition) is 3. The molecule has 2 rings (SSSR count). The summed E-state index contributed by atoms with van der Waals surface area (Å²) in [4.78, 5) is 17.6. The number of hydrogen-bond donors (Lipinski definition) is 2. The largest absolute Gasteiger partial charge is 0.396 e. The molecule has 0 bridgehead atoms. The molecule has 1 fully saturated rings. The first-order valence-electron chi connectivity index (χ1n) is 7.52. The van der Waals surface area contributed by atoms with Gasteiger partial charge in [0.1, 0.15) is 0 Å². The fraction of sp³-hybridized carbons (Fsp3) is 0.688. The van der Waals surface area contributed by atoms with Crippen LogP contribution in [0.25, 0.3) is 0 Å². The maximum Gasteiger partial charge on any atom is 0.187 e. The molecule has 0 aromatic carbocycles. The summed E-state index contributed by atoms with van der Waals surface area (Å²) in [5, 5.41) is 9.68. The molecular weight excluding hydrogens is 252 g/mol. The lowest BCUT2D eigenvalue weighted by Crippen LogP contribution is -2.44. The fourth-order valence-electron chi connectivity index (χ4n) is 3.16. The van der Waals surface area contributed by atoms with E-state index >= 15 is 0 Å². The van der Waals surface area contributed by atoms with Crippen LogP contribution in [0.2, 0.25) is 0 Å². The van der Waals surface area contributed by atoms with Crippen molar-refractivity contribution in [3.05, 3.63) is 33.2 Å². The number of piperidine rings is 1. The van der Waals surface area contributed by atoms with Crippen LogP contribution in [0.4, 0.5) is 0 Å². The average molecular weight is 278 g/mol. The maximum absolute atomic E-state index is 12.0. The maximum atomic E-state index is 12.0. The van der Waals surface area contributed by atoms with Crippen LogP contribution in [0.1, 0.15) is 43.0 Å². The molecule has 1 unspecified atom stereocenters. The molecule has 1 saturated heterocycles. The number of aromatic nitrogens is 1. The fourth-order valence-corrected chi connectivity index (χ4v) is 3.16. The van der Waals surface area contributed by atoms with E-state index in [-0.39, 0.29) is 17.5 Å². The average Bonchev–Trinajstić information content (AvgIpc) is 2.48. The number of rotatable bonds is 4. The number of aliphatic hydroxyl groups excluding tert-OH is 1. The summed E-state index contributed by atoms with van der Waals surface area (Å²) < 4.78 is 0. The smallest absolute Gasteiger partial charge is 0.187 e. The van der Waals surface area contributed by atoms with Gasteiger partial charge >= 0.3 is 0 Å². The van der Waals surface area contributed by atoms with Crippen molar-refractivity contribution in [3.63, 3.8) is 0 Å². The lowest BCUT2D eigenvalue weighted by Gasteiger charge is -2.41. The molecule has 1 atom stereocenters. The highest BCUT2D eigenvalue weighted by Crippen LogP contribution is 2.33. The van der Waals surface area contributed by atoms with Gasteiger partial charge in [0.05, 0.1) is 0 Å². The van der Waals surface area contributed by atoms with Gasteiger partial charge in [-0.25, -0.2) is 0 Å². The minimum Gasteiger partial charge on any atom is -0.396 e. The number of nitrogens with zero attached hydrogens (tertiary/aromatic N) is 1. The first-order chi connectivity index (χ1) is 9.51. The van der Waals surface area contributed by atoms with E-state index in [9.17, 15) is 9.90 Å². The molecule has 1 aliphatic rings. The second kappa shape index (κ2) is 6.10. The number of pyridine rings is 1. The number of aryl methyl sites for hydroxylation is 1. The normalized spacial score (nSPS) is 24.0. The minimum atomic E-state index is 0.0388. The Morgan fingerprint density at radius 3 is 2.85 bits per heavy atom. The minimum absolute atomic E-state index is 0.0388. The first-order valence-corrected chi connectivity index (χ1v) is 7.52. The van der Waals surface area contributed by atoms with Gasteiger partial charge in [-0.2, -0.15) is 0 Å². The van der Waals surface area contributed by atoms with Gasteiger partial charge in [0.25, 0.3) is 0 Å². The summed E-state index contributed by atoms with van der Waals surface area (Å²) in [6, 6.07) is 0. The molecule has 4 nitrogen and oxygen atoms in total. The summed E-state index contributed by atoms with van der Waals surface area (Å²) in [5.41, 5.74) is 2.77. The molecule has 2 N–H and O–H groups in total. The molecule has 0 aliphatic carbocycles. The number of aromatic amines is 1. The second-order valence-corrected chi connectivity index (χ2v) is 6.23. The molecule has 0 spiro atoms. The molecule has 1 aliphatic heterocycles. The molecule has 1 aromatic rings. The zero-order chi connectivity index (χ0) is 14.8. The highest BCUT2D eigenvalue weighted by Gasteiger charge is 2.33. The van der Waals surface area contributed by atoms with Gasteiger partial charge < -0.3 is 10.1 Å². The number of aliphatic hydroxyl groups is 1. The van der Waals surface area contributed by atoms with Gasteiger partial charge in [0, 0.05) is 48.1 Å². The van der Waals surface area contributed by atoms with Gasteiger partial charge in [0.15, 0.2) is 5.43 Å². The highest BCUT2D eigenvalue weighted by molar-refractivity contribution is 5.23. The Morgan fingerprint density at radius 2 is 2.20 bits per heavy atom. The van der Waals surface area contributed by atoms with E-state index in [0.29, 0.717) is 0 Å². The van der Waals surface area contributed by atoms with Crippen molar-refractivity contribution < 1.29 is 5.11 Å². The summed E-state index contributed by atoms with van der Waals surface area (Å²) in [5.74, 6) is 0. The monoisotopic (exact) mass is 278 g/mol. The Morgan fingerprint density at radius 1 is 1.45 bits per heavy atom. The van der Waals surface area contributed by atoms with Gasteiger partial charge in [-0.15, -0.1) is 0 Å². The van der Waals surface area contributed by atoms with Crippen LogP contribution in [-0.4, -0.2) is 34.7 Å². The quantitative estimate of drug-likeness (QED) is 0.885. The Balaban J connectivity index is 2.14. The van der Waals surface area contributed by atoms with E-state index < -0.39 is 0 Å². The van der Waals surface area contributed by atoms with Gasteiger partial charge in [-0.1, -0.05) is 6.92 Å². The van der Waals surface area contributed by atoms with Gasteiger partial charge in [-0.3, -0.25) is 9.69 Å². The van der Waals surface area contributed by atoms with Crippen molar-refractivity contribution in [2.45, 2.75) is 46.6 Å². The van der Waals surface area contributed by atoms with Gasteiger partial charge in [0.2, 0.25) is 0 Å². The summed E-state index contributed by atoms with van der Waals surface area (Å²) in [6.45, 7) is 8.85. The Labute approximate surface area is 120 Å². The third kappa shape index (κ3) is 2.96. The van der Waals surface area contributed by atoms with Crippen LogP contribution in [0, 0.1) is 19.3 Å². The van der Waals surface area contributed by atoms with Crippen LogP contribution < -0.4 is 5.43 Å². The topological polar surface area (TPSA) is 56.3 Å². The number of H-pyrrole nitrogens is 1. The molecule has 1 aromatic heterocycles. The predicted octanol–water partition coefficient (Wildman–Crippen LogP) is 1.98. The molecule has 20 heavy (non-hydrogen) atoms. The van der Waals surface area contributed by atoms with Crippen molar-refractivity contribution in [2.75, 3.05) is 19.7 Å². The summed E-state index contributed by atoms with van der Waals surface area (Å²) in [6.07, 6.45) is 5.01. The van der Waals surface area contributed by atoms with E-state index in [1.54, 1.807) is 6.20 Å². The SMILES string of the molecule is CCC1(CO)CCCN(Cc2[nH]cc(C)c(=O)c2C)C1. The zero-order valence-electron chi connectivity index (χ0n) is 12.8. The van der Waals surface area contributed by atoms with E-state index in [1.807, 2.05) is 13.8 Å². The Kier molecular flexibility index (Phi) is 4.66. The molecule has 0 saturated carbocycles. The summed E-state index contributed by atoms with van der Waals surface area (Å²) >= 11 is 0. The van der Waals surface area contributed by atoms with Crippen LogP contribution in [0.15, 0.2) is 11.0 Å². The Hall–Kier alpha value is -1.13. The van der Waals surface area contributed by atoms with E-state index in [2.05, 4.69) is 16.8 Å². The molecule has 0 radical (unpaired) electrons. The van der Waals surface area contributed by atoms with E-state index in [1.165, 1.54) is 0 Å². The molecular formula is C16H26N2O2. The zero-order valence-corrected chi connectivity index (χ0v) is 12.8. The van der Waals surface area contributed by atoms with Crippen molar-refractivity contribution in [1.29, 1.82) is 0 Å².